The maximum absolute atomic E-state index is 13.1. The smallest absolute Gasteiger partial charge is 0.251 e. The number of hydrogen-bond acceptors (Lipinski definition) is 3. The van der Waals surface area contributed by atoms with Gasteiger partial charge in [0.05, 0.1) is 6.54 Å². The van der Waals surface area contributed by atoms with Gasteiger partial charge in [-0.1, -0.05) is 36.4 Å². The summed E-state index contributed by atoms with van der Waals surface area (Å²) in [5, 5.41) is 3.60. The van der Waals surface area contributed by atoms with Crippen molar-refractivity contribution in [2.24, 2.45) is 0 Å². The van der Waals surface area contributed by atoms with Gasteiger partial charge < -0.3 is 5.32 Å². The van der Waals surface area contributed by atoms with Crippen molar-refractivity contribution in [3.63, 3.8) is 0 Å². The van der Waals surface area contributed by atoms with Gasteiger partial charge >= 0.3 is 0 Å². The first-order chi connectivity index (χ1) is 11.2. The average molecular weight is 326 g/mol. The number of aromatic nitrogens is 1. The molecule has 1 N–H and O–H groups in total. The number of carbonyl (C=O) groups is 1. The lowest BCUT2D eigenvalue weighted by atomic mass is 10.1. The lowest BCUT2D eigenvalue weighted by Crippen LogP contribution is -2.22. The van der Waals surface area contributed by atoms with Gasteiger partial charge in [0.25, 0.3) is 5.91 Å². The molecule has 0 atom stereocenters. The van der Waals surface area contributed by atoms with Crippen LogP contribution in [0.25, 0.3) is 0 Å². The lowest BCUT2D eigenvalue weighted by molar-refractivity contribution is 0.0950. The molecule has 0 spiro atoms. The van der Waals surface area contributed by atoms with E-state index in [0.717, 1.165) is 16.3 Å². The molecule has 3 aromatic rings. The van der Waals surface area contributed by atoms with Crippen LogP contribution in [0.2, 0.25) is 0 Å². The van der Waals surface area contributed by atoms with Crippen molar-refractivity contribution in [3.8, 4) is 0 Å². The van der Waals surface area contributed by atoms with E-state index >= 15 is 0 Å². The molecule has 1 heterocycles. The van der Waals surface area contributed by atoms with Gasteiger partial charge in [-0.3, -0.25) is 4.79 Å². The molecule has 2 aromatic carbocycles. The molecular formula is C18H15FN2OS. The van der Waals surface area contributed by atoms with Crippen LogP contribution in [-0.4, -0.2) is 10.9 Å². The van der Waals surface area contributed by atoms with Crippen LogP contribution in [0.1, 0.15) is 25.8 Å². The van der Waals surface area contributed by atoms with Crippen molar-refractivity contribution < 1.29 is 9.18 Å². The molecule has 0 radical (unpaired) electrons. The lowest BCUT2D eigenvalue weighted by Gasteiger charge is -2.03. The number of thiazole rings is 1. The molecular weight excluding hydrogens is 311 g/mol. The van der Waals surface area contributed by atoms with E-state index in [1.54, 1.807) is 17.4 Å². The molecule has 0 aliphatic heterocycles. The number of benzene rings is 2. The van der Waals surface area contributed by atoms with Crippen molar-refractivity contribution >= 4 is 17.2 Å². The molecule has 0 bridgehead atoms. The molecule has 0 unspecified atom stereocenters. The molecule has 0 saturated heterocycles. The number of carbonyl (C=O) groups excluding carboxylic acids is 1. The molecule has 116 valence electrons. The number of nitrogens with one attached hydrogen (secondary N) is 1. The second-order valence-electron chi connectivity index (χ2n) is 5.08. The third-order valence-electron chi connectivity index (χ3n) is 3.31. The van der Waals surface area contributed by atoms with Crippen LogP contribution in [0.5, 0.6) is 0 Å². The Kier molecular flexibility index (Phi) is 4.78. The molecule has 0 fully saturated rings. The van der Waals surface area contributed by atoms with E-state index < -0.39 is 5.82 Å². The van der Waals surface area contributed by atoms with E-state index in [0.29, 0.717) is 12.1 Å². The molecule has 23 heavy (non-hydrogen) atoms. The number of hydrogen-bond donors (Lipinski definition) is 1. The maximum atomic E-state index is 13.1. The number of nitrogens with zero attached hydrogens (tertiary/aromatic N) is 1. The fourth-order valence-electron chi connectivity index (χ4n) is 2.20. The zero-order valence-corrected chi connectivity index (χ0v) is 13.1. The molecule has 3 rings (SSSR count). The highest BCUT2D eigenvalue weighted by Crippen LogP contribution is 2.17. The van der Waals surface area contributed by atoms with Crippen molar-refractivity contribution in [2.75, 3.05) is 0 Å². The van der Waals surface area contributed by atoms with Crippen molar-refractivity contribution in [3.05, 3.63) is 87.6 Å². The first-order valence-corrected chi connectivity index (χ1v) is 8.03. The van der Waals surface area contributed by atoms with Crippen molar-refractivity contribution in [2.45, 2.75) is 13.0 Å². The summed E-state index contributed by atoms with van der Waals surface area (Å²) in [6, 6.07) is 15.8. The second kappa shape index (κ2) is 7.15. The second-order valence-corrected chi connectivity index (χ2v) is 6.28. The molecule has 1 amide bonds. The predicted octanol–water partition coefficient (Wildman–Crippen LogP) is 3.80. The largest absolute Gasteiger partial charge is 0.346 e. The minimum atomic E-state index is -0.419. The van der Waals surface area contributed by atoms with Gasteiger partial charge in [-0.15, -0.1) is 11.3 Å². The standard InChI is InChI=1S/C18H15FN2OS/c19-15-8-4-7-14(10-15)18(22)21-12-17-20-11-16(23-17)9-13-5-2-1-3-6-13/h1-8,10-11H,9,12H2,(H,21,22). The van der Waals surface area contributed by atoms with Crippen LogP contribution in [0.4, 0.5) is 4.39 Å². The van der Waals surface area contributed by atoms with Gasteiger partial charge in [0, 0.05) is 23.1 Å². The summed E-state index contributed by atoms with van der Waals surface area (Å²) in [6.45, 7) is 0.342. The summed E-state index contributed by atoms with van der Waals surface area (Å²) in [5.41, 5.74) is 1.54. The minimum Gasteiger partial charge on any atom is -0.346 e. The highest BCUT2D eigenvalue weighted by atomic mass is 32.1. The topological polar surface area (TPSA) is 42.0 Å². The molecule has 1 aromatic heterocycles. The number of rotatable bonds is 5. The van der Waals surface area contributed by atoms with E-state index in [4.69, 9.17) is 0 Å². The summed E-state index contributed by atoms with van der Waals surface area (Å²) in [6.07, 6.45) is 2.66. The van der Waals surface area contributed by atoms with Crippen molar-refractivity contribution in [1.82, 2.24) is 10.3 Å². The third-order valence-corrected chi connectivity index (χ3v) is 4.31. The van der Waals surface area contributed by atoms with Gasteiger partial charge in [-0.05, 0) is 23.8 Å². The normalized spacial score (nSPS) is 10.5. The Balaban J connectivity index is 1.58. The summed E-state index contributed by atoms with van der Waals surface area (Å²) in [5.74, 6) is -0.721. The van der Waals surface area contributed by atoms with Crippen LogP contribution < -0.4 is 5.32 Å². The Morgan fingerprint density at radius 3 is 2.74 bits per heavy atom. The molecule has 0 saturated carbocycles. The van der Waals surface area contributed by atoms with Crippen LogP contribution >= 0.6 is 11.3 Å². The van der Waals surface area contributed by atoms with E-state index in [2.05, 4.69) is 22.4 Å². The number of amides is 1. The third kappa shape index (κ3) is 4.23. The van der Waals surface area contributed by atoms with Crippen molar-refractivity contribution in [1.29, 1.82) is 0 Å². The summed E-state index contributed by atoms with van der Waals surface area (Å²) >= 11 is 1.57. The molecule has 0 aliphatic rings. The Labute approximate surface area is 137 Å². The van der Waals surface area contributed by atoms with Crippen LogP contribution in [0, 0.1) is 5.82 Å². The monoisotopic (exact) mass is 326 g/mol. The van der Waals surface area contributed by atoms with E-state index in [1.165, 1.54) is 23.8 Å². The summed E-state index contributed by atoms with van der Waals surface area (Å²) in [7, 11) is 0. The van der Waals surface area contributed by atoms with E-state index in [9.17, 15) is 9.18 Å². The zero-order chi connectivity index (χ0) is 16.1. The van der Waals surface area contributed by atoms with E-state index in [-0.39, 0.29) is 5.91 Å². The molecule has 3 nitrogen and oxygen atoms in total. The van der Waals surface area contributed by atoms with E-state index in [1.807, 2.05) is 24.4 Å². The van der Waals surface area contributed by atoms with Gasteiger partial charge in [0.1, 0.15) is 10.8 Å². The average Bonchev–Trinajstić information content (AvgIpc) is 3.01. The Morgan fingerprint density at radius 2 is 1.96 bits per heavy atom. The van der Waals surface area contributed by atoms with Gasteiger partial charge in [-0.25, -0.2) is 9.37 Å². The van der Waals surface area contributed by atoms with Gasteiger partial charge in [0.15, 0.2) is 0 Å². The quantitative estimate of drug-likeness (QED) is 0.775. The Hall–Kier alpha value is -2.53. The highest BCUT2D eigenvalue weighted by Gasteiger charge is 2.08. The summed E-state index contributed by atoms with van der Waals surface area (Å²) < 4.78 is 13.1. The van der Waals surface area contributed by atoms with Crippen LogP contribution in [0.3, 0.4) is 0 Å². The number of halogens is 1. The predicted molar refractivity (Wildman–Crippen MR) is 88.9 cm³/mol. The Morgan fingerprint density at radius 1 is 1.13 bits per heavy atom. The van der Waals surface area contributed by atoms with Crippen LogP contribution in [-0.2, 0) is 13.0 Å². The molecule has 5 heteroatoms. The SMILES string of the molecule is O=C(NCc1ncc(Cc2ccccc2)s1)c1cccc(F)c1. The minimum absolute atomic E-state index is 0.302. The molecule has 0 aliphatic carbocycles. The fourth-order valence-corrected chi connectivity index (χ4v) is 3.09. The first-order valence-electron chi connectivity index (χ1n) is 7.22. The Bertz CT molecular complexity index is 802. The van der Waals surface area contributed by atoms with Gasteiger partial charge in [-0.2, -0.15) is 0 Å². The zero-order valence-electron chi connectivity index (χ0n) is 12.3. The first kappa shape index (κ1) is 15.4. The highest BCUT2D eigenvalue weighted by molar-refractivity contribution is 7.11. The van der Waals surface area contributed by atoms with Crippen LogP contribution in [0.15, 0.2) is 60.8 Å². The van der Waals surface area contributed by atoms with Gasteiger partial charge in [0.2, 0.25) is 0 Å². The summed E-state index contributed by atoms with van der Waals surface area (Å²) in [4.78, 5) is 17.4. The maximum Gasteiger partial charge on any atom is 0.251 e. The fraction of sp³-hybridized carbons (Fsp3) is 0.111.